The van der Waals surface area contributed by atoms with Crippen LogP contribution in [0.5, 0.6) is 0 Å². The maximum absolute atomic E-state index is 11.8. The van der Waals surface area contributed by atoms with E-state index in [1.165, 1.54) is 103 Å². The maximum Gasteiger partial charge on any atom is 2.00 e. The number of phosphoric ester groups is 1. The minimum absolute atomic E-state index is 0. The summed E-state index contributed by atoms with van der Waals surface area (Å²) in [4.78, 5) is 9.71. The van der Waals surface area contributed by atoms with Crippen LogP contribution in [0.15, 0.2) is 0 Å². The number of rotatable bonds is 24. The fraction of sp³-hybridized carbons (Fsp3) is 1.00. The minimum atomic E-state index is -3.85. The molecule has 4 nitrogen and oxygen atoms in total. The van der Waals surface area contributed by atoms with Gasteiger partial charge in [-0.15, -0.1) is 0 Å². The summed E-state index contributed by atoms with van der Waals surface area (Å²) in [6, 6.07) is 0. The monoisotopic (exact) mass is 476 g/mol. The Balaban J connectivity index is -0.00000131. The zero-order chi connectivity index (χ0) is 21.5. The van der Waals surface area contributed by atoms with Gasteiger partial charge < -0.3 is 7.75 Å². The molecule has 180 valence electrons. The Morgan fingerprint density at radius 1 is 0.533 bits per heavy atom. The second-order valence-electron chi connectivity index (χ2n) is 8.50. The Bertz CT molecular complexity index is 350. The van der Waals surface area contributed by atoms with E-state index in [2.05, 4.69) is 13.8 Å². The molecule has 0 aromatic rings. The van der Waals surface area contributed by atoms with Gasteiger partial charge in [-0.05, 0) is 12.8 Å². The molecule has 0 heterocycles. The summed E-state index contributed by atoms with van der Waals surface area (Å²) in [5.41, 5.74) is 0. The molecule has 0 aliphatic carbocycles. The van der Waals surface area contributed by atoms with Crippen molar-refractivity contribution in [2.45, 2.75) is 142 Å². The van der Waals surface area contributed by atoms with Crippen molar-refractivity contribution < 1.29 is 21.4 Å². The summed E-state index contributed by atoms with van der Waals surface area (Å²) in [7, 11) is -3.85. The quantitative estimate of drug-likeness (QED) is 0.0859. The largest absolute Gasteiger partial charge is 2.00 e. The van der Waals surface area contributed by atoms with Gasteiger partial charge in [0.25, 0.3) is 0 Å². The van der Waals surface area contributed by atoms with Crippen LogP contribution in [0.4, 0.5) is 0 Å². The number of hydrogen-bond acceptors (Lipinski definition) is 3. The fourth-order valence-electron chi connectivity index (χ4n) is 3.58. The average molecular weight is 477 g/mol. The zero-order valence-electron chi connectivity index (χ0n) is 22.4. The molecule has 0 fully saturated rings. The van der Waals surface area contributed by atoms with Crippen molar-refractivity contribution in [3.63, 3.8) is 0 Å². The molecule has 0 aromatic heterocycles. The molecule has 0 atom stereocenters. The molecular formula is C24H53CaO4P. The van der Waals surface area contributed by atoms with Gasteiger partial charge in [-0.1, -0.05) is 129 Å². The van der Waals surface area contributed by atoms with Crippen molar-refractivity contribution in [2.75, 3.05) is 13.2 Å². The van der Waals surface area contributed by atoms with Gasteiger partial charge >= 0.3 is 45.6 Å². The third kappa shape index (κ3) is 27.4. The number of phosphoric acid groups is 1. The van der Waals surface area contributed by atoms with Gasteiger partial charge in [0.2, 0.25) is 0 Å². The molecule has 0 radical (unpaired) electrons. The zero-order valence-corrected chi connectivity index (χ0v) is 23.5. The summed E-state index contributed by atoms with van der Waals surface area (Å²) < 4.78 is 22.0. The maximum atomic E-state index is 11.8. The van der Waals surface area contributed by atoms with Crippen LogP contribution in [0, 0.1) is 0 Å². The molecule has 0 spiro atoms. The molecule has 6 heteroatoms. The third-order valence-corrected chi connectivity index (χ3v) is 6.52. The molecule has 0 unspecified atom stereocenters. The molecule has 1 N–H and O–H groups in total. The van der Waals surface area contributed by atoms with Crippen molar-refractivity contribution in [3.05, 3.63) is 0 Å². The Kier molecular flexibility index (Phi) is 29.8. The Morgan fingerprint density at radius 2 is 0.767 bits per heavy atom. The van der Waals surface area contributed by atoms with Crippen LogP contribution < -0.4 is 0 Å². The summed E-state index contributed by atoms with van der Waals surface area (Å²) in [6.45, 7) is 5.14. The van der Waals surface area contributed by atoms with Gasteiger partial charge in [0.1, 0.15) is 0 Å². The van der Waals surface area contributed by atoms with Gasteiger partial charge in [-0.25, -0.2) is 4.57 Å². The van der Waals surface area contributed by atoms with Gasteiger partial charge in [0.15, 0.2) is 0 Å². The molecule has 0 aliphatic rings. The first-order chi connectivity index (χ1) is 14.1. The van der Waals surface area contributed by atoms with Crippen LogP contribution in [0.2, 0.25) is 0 Å². The van der Waals surface area contributed by atoms with Gasteiger partial charge in [-0.3, -0.25) is 9.05 Å². The molecule has 0 aromatic carbocycles. The van der Waals surface area contributed by atoms with E-state index >= 15 is 0 Å². The first kappa shape index (κ1) is 33.5. The first-order valence-corrected chi connectivity index (χ1v) is 14.2. The summed E-state index contributed by atoms with van der Waals surface area (Å²) in [5.74, 6) is 0. The molecule has 0 saturated heterocycles. The molecule has 0 amide bonds. The van der Waals surface area contributed by atoms with Crippen LogP contribution in [-0.2, 0) is 13.6 Å². The average Bonchev–Trinajstić information content (AvgIpc) is 2.70. The van der Waals surface area contributed by atoms with E-state index in [9.17, 15) is 9.46 Å². The van der Waals surface area contributed by atoms with Crippen LogP contribution >= 0.6 is 7.82 Å². The van der Waals surface area contributed by atoms with Crippen molar-refractivity contribution >= 4 is 45.6 Å². The Morgan fingerprint density at radius 3 is 1.03 bits per heavy atom. The molecular weight excluding hydrogens is 423 g/mol. The van der Waals surface area contributed by atoms with E-state index in [-0.39, 0.29) is 40.6 Å². The van der Waals surface area contributed by atoms with Gasteiger partial charge in [0, 0.05) is 0 Å². The fourth-order valence-corrected chi connectivity index (χ4v) is 4.37. The van der Waals surface area contributed by atoms with Crippen LogP contribution in [0.1, 0.15) is 145 Å². The van der Waals surface area contributed by atoms with Crippen LogP contribution in [0.25, 0.3) is 0 Å². The smallest absolute Gasteiger partial charge is 1.00 e. The molecule has 0 aliphatic heterocycles. The van der Waals surface area contributed by atoms with Crippen molar-refractivity contribution in [1.82, 2.24) is 0 Å². The number of unbranched alkanes of at least 4 members (excludes halogenated alkanes) is 18. The molecule has 0 saturated carbocycles. The van der Waals surface area contributed by atoms with E-state index < -0.39 is 7.82 Å². The second kappa shape index (κ2) is 26.6. The van der Waals surface area contributed by atoms with Crippen molar-refractivity contribution in [3.8, 4) is 0 Å². The Hall–Kier alpha value is 1.37. The van der Waals surface area contributed by atoms with Crippen molar-refractivity contribution in [1.29, 1.82) is 0 Å². The topological polar surface area (TPSA) is 55.8 Å². The SMILES string of the molecule is CCCCCCCCCCCCOP(=O)(O)OCCCCCCCCCCCC.[Ca+2].[H-].[H-]. The summed E-state index contributed by atoms with van der Waals surface area (Å²) in [5, 5.41) is 0. The van der Waals surface area contributed by atoms with E-state index in [4.69, 9.17) is 9.05 Å². The van der Waals surface area contributed by atoms with Crippen LogP contribution in [-0.4, -0.2) is 55.8 Å². The predicted octanol–water partition coefficient (Wildman–Crippen LogP) is 8.81. The van der Waals surface area contributed by atoms with E-state index in [1.807, 2.05) is 0 Å². The van der Waals surface area contributed by atoms with E-state index in [0.717, 1.165) is 25.7 Å². The van der Waals surface area contributed by atoms with Crippen molar-refractivity contribution in [2.24, 2.45) is 0 Å². The van der Waals surface area contributed by atoms with Gasteiger partial charge in [-0.2, -0.15) is 0 Å². The van der Waals surface area contributed by atoms with Crippen LogP contribution in [0.3, 0.4) is 0 Å². The molecule has 0 rings (SSSR count). The predicted molar refractivity (Wildman–Crippen MR) is 133 cm³/mol. The third-order valence-electron chi connectivity index (χ3n) is 5.50. The number of hydrogen-bond donors (Lipinski definition) is 1. The molecule has 0 bridgehead atoms. The standard InChI is InChI=1S/C24H51O4P.Ca.2H/c1-3-5-7-9-11-13-15-17-19-21-23-27-29(25,26)28-24-22-20-18-16-14-12-10-8-6-4-2;;;/h3-24H2,1-2H3,(H,25,26);;;/q;+2;2*-1. The second-order valence-corrected chi connectivity index (χ2v) is 9.95. The van der Waals surface area contributed by atoms with E-state index in [0.29, 0.717) is 13.2 Å². The summed E-state index contributed by atoms with van der Waals surface area (Å²) in [6.07, 6.45) is 24.8. The minimum Gasteiger partial charge on any atom is -1.00 e. The normalized spacial score (nSPS) is 11.6. The Labute approximate surface area is 221 Å². The first-order valence-electron chi connectivity index (χ1n) is 12.7. The summed E-state index contributed by atoms with van der Waals surface area (Å²) >= 11 is 0. The molecule has 30 heavy (non-hydrogen) atoms. The van der Waals surface area contributed by atoms with Gasteiger partial charge in [0.05, 0.1) is 13.2 Å². The van der Waals surface area contributed by atoms with E-state index in [1.54, 1.807) is 0 Å².